The van der Waals surface area contributed by atoms with E-state index in [1.807, 2.05) is 36.4 Å². The van der Waals surface area contributed by atoms with Crippen LogP contribution in [-0.2, 0) is 16.1 Å². The Kier molecular flexibility index (Phi) is 6.06. The lowest BCUT2D eigenvalue weighted by Gasteiger charge is -2.15. The Balaban J connectivity index is 1.51. The first-order valence-corrected chi connectivity index (χ1v) is 8.46. The van der Waals surface area contributed by atoms with Crippen molar-refractivity contribution in [1.29, 1.82) is 0 Å². The van der Waals surface area contributed by atoms with E-state index in [4.69, 9.17) is 9.47 Å². The number of fused-ring (bicyclic) bond motifs is 1. The van der Waals surface area contributed by atoms with Crippen LogP contribution in [0.25, 0.3) is 6.08 Å². The van der Waals surface area contributed by atoms with Crippen LogP contribution in [0.1, 0.15) is 11.1 Å². The maximum Gasteiger partial charge on any atom is 0.245 e. The van der Waals surface area contributed by atoms with E-state index in [9.17, 15) is 14.7 Å². The topological polar surface area (TPSA) is 96.9 Å². The van der Waals surface area contributed by atoms with Gasteiger partial charge in [-0.15, -0.1) is 0 Å². The molecule has 0 radical (unpaired) electrons. The molecule has 3 N–H and O–H groups in total. The molecule has 0 saturated carbocycles. The highest BCUT2D eigenvalue weighted by molar-refractivity contribution is 5.95. The van der Waals surface area contributed by atoms with Gasteiger partial charge in [-0.3, -0.25) is 9.59 Å². The second-order valence-corrected chi connectivity index (χ2v) is 5.89. The number of benzene rings is 2. The minimum atomic E-state index is -1.04. The molecule has 1 atom stereocenters. The second-order valence-electron chi connectivity index (χ2n) is 5.89. The number of rotatable bonds is 7. The minimum absolute atomic E-state index is 0.181. The molecule has 7 nitrogen and oxygen atoms in total. The predicted octanol–water partition coefficient (Wildman–Crippen LogP) is 1.22. The third-order valence-electron chi connectivity index (χ3n) is 3.95. The maximum absolute atomic E-state index is 12.2. The number of carbonyl (C=O) groups excluding carboxylic acids is 2. The van der Waals surface area contributed by atoms with Gasteiger partial charge in [0.2, 0.25) is 18.6 Å². The molecule has 2 aromatic carbocycles. The van der Waals surface area contributed by atoms with Crippen LogP contribution in [0.2, 0.25) is 0 Å². The Bertz CT molecular complexity index is 836. The minimum Gasteiger partial charge on any atom is -0.454 e. The zero-order valence-electron chi connectivity index (χ0n) is 14.6. The zero-order chi connectivity index (χ0) is 19.1. The van der Waals surface area contributed by atoms with E-state index in [2.05, 4.69) is 10.6 Å². The first kappa shape index (κ1) is 18.5. The summed E-state index contributed by atoms with van der Waals surface area (Å²) in [5.74, 6) is 0.350. The number of amides is 2. The number of hydrogen-bond acceptors (Lipinski definition) is 5. The fourth-order valence-electron chi connectivity index (χ4n) is 2.51. The van der Waals surface area contributed by atoms with Crippen molar-refractivity contribution in [2.75, 3.05) is 13.4 Å². The maximum atomic E-state index is 12.2. The van der Waals surface area contributed by atoms with Gasteiger partial charge in [0.15, 0.2) is 11.5 Å². The van der Waals surface area contributed by atoms with E-state index in [0.717, 1.165) is 11.1 Å². The number of carbonyl (C=O) groups is 2. The largest absolute Gasteiger partial charge is 0.454 e. The van der Waals surface area contributed by atoms with Gasteiger partial charge in [-0.05, 0) is 29.3 Å². The average molecular weight is 368 g/mol. The van der Waals surface area contributed by atoms with E-state index >= 15 is 0 Å². The molecule has 0 fully saturated rings. The van der Waals surface area contributed by atoms with Crippen LogP contribution in [0.3, 0.4) is 0 Å². The molecule has 1 aliphatic rings. The van der Waals surface area contributed by atoms with Gasteiger partial charge in [0.05, 0.1) is 6.61 Å². The van der Waals surface area contributed by atoms with E-state index in [-0.39, 0.29) is 13.3 Å². The molecule has 0 bridgehead atoms. The lowest BCUT2D eigenvalue weighted by Crippen LogP contribution is -2.48. The molecule has 0 aromatic heterocycles. The third-order valence-corrected chi connectivity index (χ3v) is 3.95. The van der Waals surface area contributed by atoms with Crippen LogP contribution < -0.4 is 20.1 Å². The molecule has 0 spiro atoms. The number of hydrogen-bond donors (Lipinski definition) is 3. The highest BCUT2D eigenvalue weighted by Gasteiger charge is 2.19. The molecule has 140 valence electrons. The molecule has 0 unspecified atom stereocenters. The van der Waals surface area contributed by atoms with Crippen LogP contribution in [0.5, 0.6) is 11.5 Å². The first-order chi connectivity index (χ1) is 13.2. The van der Waals surface area contributed by atoms with Crippen molar-refractivity contribution in [2.24, 2.45) is 0 Å². The summed E-state index contributed by atoms with van der Waals surface area (Å²) in [6.07, 6.45) is 2.96. The quantitative estimate of drug-likeness (QED) is 0.639. The third kappa shape index (κ3) is 5.08. The molecule has 1 heterocycles. The van der Waals surface area contributed by atoms with E-state index in [0.29, 0.717) is 11.5 Å². The van der Waals surface area contributed by atoms with Crippen molar-refractivity contribution >= 4 is 17.9 Å². The SMILES string of the molecule is O=C(C=Cc1ccccc1)N[C@@H](CO)C(=O)NCc1ccc2c(c1)OCO2. The van der Waals surface area contributed by atoms with Crippen LogP contribution in [0.15, 0.2) is 54.6 Å². The van der Waals surface area contributed by atoms with Crippen molar-refractivity contribution in [3.8, 4) is 11.5 Å². The van der Waals surface area contributed by atoms with Crippen LogP contribution >= 0.6 is 0 Å². The van der Waals surface area contributed by atoms with Crippen molar-refractivity contribution in [1.82, 2.24) is 10.6 Å². The van der Waals surface area contributed by atoms with Gasteiger partial charge in [0.25, 0.3) is 0 Å². The fraction of sp³-hybridized carbons (Fsp3) is 0.200. The van der Waals surface area contributed by atoms with E-state index < -0.39 is 24.5 Å². The Morgan fingerprint density at radius 1 is 1.11 bits per heavy atom. The van der Waals surface area contributed by atoms with Gasteiger partial charge in [-0.1, -0.05) is 36.4 Å². The Labute approximate surface area is 156 Å². The average Bonchev–Trinajstić information content (AvgIpc) is 3.17. The van der Waals surface area contributed by atoms with Gasteiger partial charge in [-0.25, -0.2) is 0 Å². The fourth-order valence-corrected chi connectivity index (χ4v) is 2.51. The van der Waals surface area contributed by atoms with E-state index in [1.165, 1.54) is 6.08 Å². The smallest absolute Gasteiger partial charge is 0.245 e. The Hall–Kier alpha value is -3.32. The van der Waals surface area contributed by atoms with Gasteiger partial charge in [0.1, 0.15) is 6.04 Å². The number of nitrogens with one attached hydrogen (secondary N) is 2. The molecule has 27 heavy (non-hydrogen) atoms. The molecule has 2 aromatic rings. The Morgan fingerprint density at radius 3 is 2.67 bits per heavy atom. The summed E-state index contributed by atoms with van der Waals surface area (Å²) in [7, 11) is 0. The molecular weight excluding hydrogens is 348 g/mol. The van der Waals surface area contributed by atoms with Crippen LogP contribution in [-0.4, -0.2) is 36.4 Å². The Morgan fingerprint density at radius 2 is 1.89 bits per heavy atom. The molecular formula is C20H20N2O5. The molecule has 7 heteroatoms. The lowest BCUT2D eigenvalue weighted by molar-refractivity contribution is -0.128. The van der Waals surface area contributed by atoms with Crippen LogP contribution in [0, 0.1) is 0 Å². The number of aliphatic hydroxyl groups excluding tert-OH is 1. The van der Waals surface area contributed by atoms with Crippen molar-refractivity contribution < 1.29 is 24.2 Å². The molecule has 0 saturated heterocycles. The summed E-state index contributed by atoms with van der Waals surface area (Å²) in [6, 6.07) is 13.6. The standard InChI is InChI=1S/C20H20N2O5/c23-12-16(22-19(24)9-7-14-4-2-1-3-5-14)20(25)21-11-15-6-8-17-18(10-15)27-13-26-17/h1-10,16,23H,11-13H2,(H,21,25)(H,22,24)/t16-/m0/s1. The summed E-state index contributed by atoms with van der Waals surface area (Å²) < 4.78 is 10.5. The molecule has 0 aliphatic carbocycles. The molecule has 1 aliphatic heterocycles. The highest BCUT2D eigenvalue weighted by atomic mass is 16.7. The normalized spacial score (nSPS) is 13.4. The van der Waals surface area contributed by atoms with Gasteiger partial charge in [-0.2, -0.15) is 0 Å². The van der Waals surface area contributed by atoms with Gasteiger partial charge >= 0.3 is 0 Å². The first-order valence-electron chi connectivity index (χ1n) is 8.46. The van der Waals surface area contributed by atoms with E-state index in [1.54, 1.807) is 18.2 Å². The highest BCUT2D eigenvalue weighted by Crippen LogP contribution is 2.32. The lowest BCUT2D eigenvalue weighted by atomic mass is 10.2. The summed E-state index contributed by atoms with van der Waals surface area (Å²) in [5.41, 5.74) is 1.68. The zero-order valence-corrected chi connectivity index (χ0v) is 14.6. The predicted molar refractivity (Wildman–Crippen MR) is 98.9 cm³/mol. The van der Waals surface area contributed by atoms with Crippen molar-refractivity contribution in [2.45, 2.75) is 12.6 Å². The summed E-state index contributed by atoms with van der Waals surface area (Å²) in [4.78, 5) is 24.2. The second kappa shape index (κ2) is 8.86. The summed E-state index contributed by atoms with van der Waals surface area (Å²) >= 11 is 0. The van der Waals surface area contributed by atoms with Crippen LogP contribution in [0.4, 0.5) is 0 Å². The summed E-state index contributed by atoms with van der Waals surface area (Å²) in [6.45, 7) is -0.0835. The monoisotopic (exact) mass is 368 g/mol. The number of aliphatic hydroxyl groups is 1. The van der Waals surface area contributed by atoms with Gasteiger partial charge in [0, 0.05) is 12.6 Å². The molecule has 3 rings (SSSR count). The number of ether oxygens (including phenoxy) is 2. The van der Waals surface area contributed by atoms with Crippen molar-refractivity contribution in [3.05, 3.63) is 65.7 Å². The van der Waals surface area contributed by atoms with Crippen molar-refractivity contribution in [3.63, 3.8) is 0 Å². The molecule has 2 amide bonds. The van der Waals surface area contributed by atoms with Gasteiger partial charge < -0.3 is 25.2 Å². The summed E-state index contributed by atoms with van der Waals surface area (Å²) in [5, 5.41) is 14.6.